The lowest BCUT2D eigenvalue weighted by atomic mass is 10.0. The van der Waals surface area contributed by atoms with Crippen LogP contribution in [0, 0.1) is 5.92 Å². The number of amides is 3. The minimum Gasteiger partial charge on any atom is -0.497 e. The van der Waals surface area contributed by atoms with Gasteiger partial charge in [-0.05, 0) is 63.2 Å². The predicted octanol–water partition coefficient (Wildman–Crippen LogP) is 2.69. The topological polar surface area (TPSA) is 138 Å². The average Bonchev–Trinajstić information content (AvgIpc) is 2.95. The van der Waals surface area contributed by atoms with Crippen molar-refractivity contribution in [1.82, 2.24) is 14.5 Å². The summed E-state index contributed by atoms with van der Waals surface area (Å²) in [6, 6.07) is 10.3. The molecule has 3 amide bonds. The van der Waals surface area contributed by atoms with Crippen molar-refractivity contribution < 1.29 is 32.6 Å². The largest absolute Gasteiger partial charge is 0.497 e. The number of likely N-dealkylation sites (N-methyl/N-ethyl adjacent to an activating group) is 1. The maximum absolute atomic E-state index is 13.4. The lowest BCUT2D eigenvalue weighted by Gasteiger charge is -2.33. The molecule has 12 heteroatoms. The first-order valence-corrected chi connectivity index (χ1v) is 14.7. The summed E-state index contributed by atoms with van der Waals surface area (Å²) in [7, 11) is -0.850. The van der Waals surface area contributed by atoms with Crippen LogP contribution in [0.3, 0.4) is 0 Å². The van der Waals surface area contributed by atoms with Gasteiger partial charge in [0.05, 0.1) is 37.6 Å². The van der Waals surface area contributed by atoms with Gasteiger partial charge in [0.1, 0.15) is 17.6 Å². The minimum absolute atomic E-state index is 0.0135. The Labute approximate surface area is 236 Å². The van der Waals surface area contributed by atoms with Crippen molar-refractivity contribution in [3.8, 4) is 11.5 Å². The number of carbonyl (C=O) groups is 2. The molecule has 0 saturated carbocycles. The zero-order chi connectivity index (χ0) is 29.6. The van der Waals surface area contributed by atoms with Gasteiger partial charge in [0.15, 0.2) is 0 Å². The van der Waals surface area contributed by atoms with E-state index in [2.05, 4.69) is 10.6 Å². The van der Waals surface area contributed by atoms with Crippen LogP contribution in [-0.4, -0.2) is 86.7 Å². The molecular formula is C28H40N4O7S. The zero-order valence-electron chi connectivity index (χ0n) is 23.9. The van der Waals surface area contributed by atoms with E-state index in [1.54, 1.807) is 42.2 Å². The molecule has 0 unspecified atom stereocenters. The Morgan fingerprint density at radius 2 is 1.88 bits per heavy atom. The van der Waals surface area contributed by atoms with Gasteiger partial charge in [-0.25, -0.2) is 13.2 Å². The van der Waals surface area contributed by atoms with E-state index in [1.165, 1.54) is 30.6 Å². The van der Waals surface area contributed by atoms with Crippen LogP contribution >= 0.6 is 0 Å². The van der Waals surface area contributed by atoms with E-state index in [1.807, 2.05) is 20.8 Å². The van der Waals surface area contributed by atoms with Crippen molar-refractivity contribution in [2.45, 2.75) is 57.2 Å². The van der Waals surface area contributed by atoms with Crippen LogP contribution in [-0.2, 0) is 21.2 Å². The predicted molar refractivity (Wildman–Crippen MR) is 152 cm³/mol. The molecule has 0 aliphatic carbocycles. The fourth-order valence-electron chi connectivity index (χ4n) is 4.43. The van der Waals surface area contributed by atoms with Crippen molar-refractivity contribution >= 4 is 27.6 Å². The molecule has 0 spiro atoms. The quantitative estimate of drug-likeness (QED) is 0.417. The number of aliphatic hydroxyl groups excluding tert-OH is 1. The second-order valence-corrected chi connectivity index (χ2v) is 12.5. The first kappa shape index (κ1) is 31.2. The molecule has 3 rings (SSSR count). The van der Waals surface area contributed by atoms with E-state index >= 15 is 0 Å². The van der Waals surface area contributed by atoms with Crippen molar-refractivity contribution in [3.05, 3.63) is 48.0 Å². The third-order valence-electron chi connectivity index (χ3n) is 6.80. The minimum atomic E-state index is -3.85. The highest BCUT2D eigenvalue weighted by molar-refractivity contribution is 7.89. The summed E-state index contributed by atoms with van der Waals surface area (Å²) < 4.78 is 39.5. The zero-order valence-corrected chi connectivity index (χ0v) is 24.7. The number of methoxy groups -OCH3 is 1. The number of carbonyl (C=O) groups excluding carboxylic acids is 2. The third kappa shape index (κ3) is 7.64. The summed E-state index contributed by atoms with van der Waals surface area (Å²) >= 11 is 0. The highest BCUT2D eigenvalue weighted by Crippen LogP contribution is 2.30. The van der Waals surface area contributed by atoms with E-state index in [-0.39, 0.29) is 54.9 Å². The van der Waals surface area contributed by atoms with Gasteiger partial charge in [0, 0.05) is 36.8 Å². The van der Waals surface area contributed by atoms with Crippen molar-refractivity contribution in [3.63, 3.8) is 0 Å². The molecule has 0 saturated heterocycles. The van der Waals surface area contributed by atoms with Crippen LogP contribution in [0.1, 0.15) is 33.3 Å². The second-order valence-electron chi connectivity index (χ2n) is 10.4. The van der Waals surface area contributed by atoms with Crippen LogP contribution in [0.2, 0.25) is 0 Å². The van der Waals surface area contributed by atoms with Gasteiger partial charge in [0.2, 0.25) is 15.9 Å². The Morgan fingerprint density at radius 3 is 2.48 bits per heavy atom. The van der Waals surface area contributed by atoms with Crippen LogP contribution in [0.4, 0.5) is 10.5 Å². The van der Waals surface area contributed by atoms with Crippen LogP contribution < -0.4 is 20.1 Å². The molecule has 1 aliphatic rings. The number of benzene rings is 2. The Kier molecular flexibility index (Phi) is 10.4. The number of ether oxygens (including phenoxy) is 2. The van der Waals surface area contributed by atoms with Crippen LogP contribution in [0.5, 0.6) is 11.5 Å². The maximum atomic E-state index is 13.4. The summed E-state index contributed by atoms with van der Waals surface area (Å²) in [6.45, 7) is 7.40. The molecule has 0 bridgehead atoms. The van der Waals surface area contributed by atoms with Crippen LogP contribution in [0.15, 0.2) is 47.4 Å². The maximum Gasteiger partial charge on any atom is 0.319 e. The smallest absolute Gasteiger partial charge is 0.319 e. The normalized spacial score (nSPS) is 18.7. The summed E-state index contributed by atoms with van der Waals surface area (Å²) in [5, 5.41) is 15.4. The number of hydrogen-bond donors (Lipinski definition) is 3. The molecule has 0 fully saturated rings. The number of nitrogens with zero attached hydrogens (tertiary/aromatic N) is 2. The van der Waals surface area contributed by atoms with Crippen molar-refractivity contribution in [2.75, 3.05) is 39.2 Å². The van der Waals surface area contributed by atoms with Gasteiger partial charge in [-0.2, -0.15) is 4.31 Å². The molecule has 1 heterocycles. The number of hydrogen-bond acceptors (Lipinski definition) is 7. The summed E-state index contributed by atoms with van der Waals surface area (Å²) in [6.07, 6.45) is -0.639. The number of rotatable bonds is 9. The molecular weight excluding hydrogens is 536 g/mol. The molecule has 2 aromatic carbocycles. The lowest BCUT2D eigenvalue weighted by molar-refractivity contribution is -0.134. The Balaban J connectivity index is 1.94. The van der Waals surface area contributed by atoms with E-state index < -0.39 is 22.2 Å². The van der Waals surface area contributed by atoms with Gasteiger partial charge in [-0.15, -0.1) is 0 Å². The first-order chi connectivity index (χ1) is 18.8. The molecule has 3 N–H and O–H groups in total. The third-order valence-corrected chi connectivity index (χ3v) is 8.64. The Morgan fingerprint density at radius 1 is 1.20 bits per heavy atom. The number of anilines is 1. The van der Waals surface area contributed by atoms with Gasteiger partial charge in [0.25, 0.3) is 0 Å². The van der Waals surface area contributed by atoms with E-state index in [9.17, 15) is 23.1 Å². The standard InChI is InChI=1S/C28H40N4O7S/c1-18(2)29-28(35)30-22-7-12-25-21(13-22)14-27(34)32(20(4)17-33)15-19(3)26(39-25)16-31(5)40(36,37)24-10-8-23(38-6)9-11-24/h7-13,18-20,26,33H,14-17H2,1-6H3,(H2,29,30,35)/t19-,20+,26-/m1/s1. The number of nitrogens with one attached hydrogen (secondary N) is 2. The lowest BCUT2D eigenvalue weighted by Crippen LogP contribution is -2.48. The van der Waals surface area contributed by atoms with Gasteiger partial charge < -0.3 is 30.1 Å². The van der Waals surface area contributed by atoms with E-state index in [0.29, 0.717) is 22.7 Å². The molecule has 1 aliphatic heterocycles. The molecule has 40 heavy (non-hydrogen) atoms. The second kappa shape index (κ2) is 13.3. The van der Waals surface area contributed by atoms with E-state index in [0.717, 1.165) is 0 Å². The van der Waals surface area contributed by atoms with Gasteiger partial charge in [-0.1, -0.05) is 6.92 Å². The molecule has 0 aromatic heterocycles. The molecule has 2 aromatic rings. The number of fused-ring (bicyclic) bond motifs is 1. The molecule has 220 valence electrons. The number of sulfonamides is 1. The highest BCUT2D eigenvalue weighted by atomic mass is 32.2. The van der Waals surface area contributed by atoms with Crippen molar-refractivity contribution in [1.29, 1.82) is 0 Å². The number of aliphatic hydroxyl groups is 1. The summed E-state index contributed by atoms with van der Waals surface area (Å²) in [5.74, 6) is 0.479. The Hall–Kier alpha value is -3.35. The SMILES string of the molecule is COc1ccc(S(=O)(=O)N(C)C[C@H]2Oc3ccc(NC(=O)NC(C)C)cc3CC(=O)N([C@@H](C)CO)C[C@H]2C)cc1. The molecule has 3 atom stereocenters. The summed E-state index contributed by atoms with van der Waals surface area (Å²) in [5.41, 5.74) is 1.03. The van der Waals surface area contributed by atoms with Crippen LogP contribution in [0.25, 0.3) is 0 Å². The van der Waals surface area contributed by atoms with Gasteiger partial charge >= 0.3 is 6.03 Å². The highest BCUT2D eigenvalue weighted by Gasteiger charge is 2.33. The summed E-state index contributed by atoms with van der Waals surface area (Å²) in [4.78, 5) is 27.3. The average molecular weight is 577 g/mol. The molecule has 11 nitrogen and oxygen atoms in total. The van der Waals surface area contributed by atoms with E-state index in [4.69, 9.17) is 9.47 Å². The fourth-order valence-corrected chi connectivity index (χ4v) is 5.62. The van der Waals surface area contributed by atoms with Gasteiger partial charge in [-0.3, -0.25) is 4.79 Å². The Bertz CT molecular complexity index is 1280. The first-order valence-electron chi connectivity index (χ1n) is 13.2. The monoisotopic (exact) mass is 576 g/mol. The van der Waals surface area contributed by atoms with Crippen molar-refractivity contribution in [2.24, 2.45) is 5.92 Å². The fraction of sp³-hybridized carbons (Fsp3) is 0.500. The molecule has 0 radical (unpaired) electrons. The number of urea groups is 1.